The summed E-state index contributed by atoms with van der Waals surface area (Å²) in [5, 5.41) is 11.7. The van der Waals surface area contributed by atoms with Crippen LogP contribution in [0.4, 0.5) is 0 Å². The summed E-state index contributed by atoms with van der Waals surface area (Å²) in [5.41, 5.74) is 1.74. The summed E-state index contributed by atoms with van der Waals surface area (Å²) in [5.74, 6) is -0.334. The number of carbonyl (C=O) groups excluding carboxylic acids is 1. The average molecular weight is 407 g/mol. The van der Waals surface area contributed by atoms with E-state index < -0.39 is 5.63 Å². The highest BCUT2D eigenvalue weighted by molar-refractivity contribution is 5.86. The minimum Gasteiger partial charge on any atom is -0.507 e. The molecule has 2 rings (SSSR count). The predicted molar refractivity (Wildman–Crippen MR) is 108 cm³/mol. The maximum atomic E-state index is 12.0. The van der Waals surface area contributed by atoms with Gasteiger partial charge in [-0.15, -0.1) is 0 Å². The SMILES string of the molecule is COCCN(CCOC)Cc1c(O)c(CCC(=O)OC)cc2c(C)cc(=O)oc12. The molecule has 0 saturated carbocycles. The van der Waals surface area contributed by atoms with E-state index in [0.717, 1.165) is 10.9 Å². The highest BCUT2D eigenvalue weighted by Crippen LogP contribution is 2.34. The van der Waals surface area contributed by atoms with Crippen LogP contribution in [0.25, 0.3) is 11.0 Å². The second kappa shape index (κ2) is 10.9. The zero-order chi connectivity index (χ0) is 21.4. The van der Waals surface area contributed by atoms with Crippen molar-refractivity contribution < 1.29 is 28.5 Å². The molecule has 0 aliphatic carbocycles. The summed E-state index contributed by atoms with van der Waals surface area (Å²) >= 11 is 0. The van der Waals surface area contributed by atoms with Crippen LogP contribution in [0.15, 0.2) is 21.3 Å². The first-order valence-corrected chi connectivity index (χ1v) is 9.46. The van der Waals surface area contributed by atoms with Gasteiger partial charge >= 0.3 is 11.6 Å². The molecular weight excluding hydrogens is 378 g/mol. The van der Waals surface area contributed by atoms with Crippen LogP contribution in [0.5, 0.6) is 5.75 Å². The van der Waals surface area contributed by atoms with Gasteiger partial charge in [0.25, 0.3) is 0 Å². The van der Waals surface area contributed by atoms with Crippen molar-refractivity contribution in [3.63, 3.8) is 0 Å². The van der Waals surface area contributed by atoms with Crippen LogP contribution in [0, 0.1) is 6.92 Å². The van der Waals surface area contributed by atoms with Crippen molar-refractivity contribution >= 4 is 16.9 Å². The molecule has 0 bridgehead atoms. The Labute approximate surface area is 170 Å². The van der Waals surface area contributed by atoms with Gasteiger partial charge in [-0.25, -0.2) is 4.79 Å². The number of phenolic OH excluding ortho intramolecular Hbond substituents is 1. The van der Waals surface area contributed by atoms with E-state index in [0.29, 0.717) is 56.0 Å². The molecule has 160 valence electrons. The van der Waals surface area contributed by atoms with Crippen LogP contribution in [0.2, 0.25) is 0 Å². The van der Waals surface area contributed by atoms with Crippen LogP contribution < -0.4 is 5.63 Å². The Morgan fingerprint density at radius 2 is 1.79 bits per heavy atom. The molecule has 0 unspecified atom stereocenters. The van der Waals surface area contributed by atoms with Gasteiger partial charge in [0.15, 0.2) is 0 Å². The number of aromatic hydroxyl groups is 1. The Morgan fingerprint density at radius 1 is 1.14 bits per heavy atom. The first-order valence-electron chi connectivity index (χ1n) is 9.46. The summed E-state index contributed by atoms with van der Waals surface area (Å²) in [6, 6.07) is 3.19. The van der Waals surface area contributed by atoms with Crippen LogP contribution >= 0.6 is 0 Å². The molecule has 2 aromatic rings. The molecule has 0 radical (unpaired) electrons. The number of fused-ring (bicyclic) bond motifs is 1. The molecular formula is C21H29NO7. The number of nitrogens with zero attached hydrogens (tertiary/aromatic N) is 1. The first kappa shape index (κ1) is 22.9. The smallest absolute Gasteiger partial charge is 0.336 e. The van der Waals surface area contributed by atoms with Crippen molar-refractivity contribution in [3.8, 4) is 5.75 Å². The molecule has 8 heteroatoms. The molecule has 1 aromatic carbocycles. The molecule has 1 heterocycles. The standard InChI is InChI=1S/C21H29NO7/c1-14-11-19(24)29-21-16(14)12-15(5-6-18(23)28-4)20(25)17(21)13-22(7-9-26-2)8-10-27-3/h11-12,25H,5-10,13H2,1-4H3. The van der Waals surface area contributed by atoms with Gasteiger partial charge in [-0.2, -0.15) is 0 Å². The van der Waals surface area contributed by atoms with Gasteiger partial charge in [0.1, 0.15) is 11.3 Å². The van der Waals surface area contributed by atoms with Crippen molar-refractivity contribution in [1.29, 1.82) is 0 Å². The van der Waals surface area contributed by atoms with Crippen LogP contribution in [0.1, 0.15) is 23.1 Å². The van der Waals surface area contributed by atoms with Crippen LogP contribution in [-0.2, 0) is 32.0 Å². The lowest BCUT2D eigenvalue weighted by atomic mass is 9.98. The second-order valence-corrected chi connectivity index (χ2v) is 6.83. The topological polar surface area (TPSA) is 98.4 Å². The molecule has 0 spiro atoms. The van der Waals surface area contributed by atoms with Crippen LogP contribution in [0.3, 0.4) is 0 Å². The molecule has 1 aromatic heterocycles. The van der Waals surface area contributed by atoms with E-state index in [1.807, 2.05) is 11.8 Å². The maximum absolute atomic E-state index is 12.0. The van der Waals surface area contributed by atoms with Gasteiger partial charge in [0, 0.05) is 51.7 Å². The summed E-state index contributed by atoms with van der Waals surface area (Å²) in [6.45, 7) is 4.40. The third-order valence-corrected chi connectivity index (χ3v) is 4.82. The predicted octanol–water partition coefficient (Wildman–Crippen LogP) is 2.01. The molecule has 8 nitrogen and oxygen atoms in total. The normalized spacial score (nSPS) is 11.3. The van der Waals surface area contributed by atoms with Gasteiger partial charge < -0.3 is 23.7 Å². The van der Waals surface area contributed by atoms with E-state index in [-0.39, 0.29) is 18.1 Å². The summed E-state index contributed by atoms with van der Waals surface area (Å²) in [7, 11) is 4.57. The molecule has 0 aliphatic rings. The van der Waals surface area contributed by atoms with Gasteiger partial charge in [0.2, 0.25) is 0 Å². The van der Waals surface area contributed by atoms with E-state index >= 15 is 0 Å². The molecule has 0 aliphatic heterocycles. The number of phenols is 1. The number of esters is 1. The summed E-state index contributed by atoms with van der Waals surface area (Å²) < 4.78 is 20.5. The Hall–Kier alpha value is -2.42. The summed E-state index contributed by atoms with van der Waals surface area (Å²) in [4.78, 5) is 25.6. The quantitative estimate of drug-likeness (QED) is 0.446. The molecule has 0 fully saturated rings. The highest BCUT2D eigenvalue weighted by Gasteiger charge is 2.20. The number of carbonyl (C=O) groups is 1. The van der Waals surface area contributed by atoms with Crippen molar-refractivity contribution in [1.82, 2.24) is 4.90 Å². The zero-order valence-corrected chi connectivity index (χ0v) is 17.4. The monoisotopic (exact) mass is 407 g/mol. The average Bonchev–Trinajstić information content (AvgIpc) is 2.70. The van der Waals surface area contributed by atoms with E-state index in [1.54, 1.807) is 20.3 Å². The molecule has 0 amide bonds. The number of hydrogen-bond donors (Lipinski definition) is 1. The number of benzene rings is 1. The Kier molecular flexibility index (Phi) is 8.63. The maximum Gasteiger partial charge on any atom is 0.336 e. The second-order valence-electron chi connectivity index (χ2n) is 6.83. The summed E-state index contributed by atoms with van der Waals surface area (Å²) in [6.07, 6.45) is 0.456. The van der Waals surface area contributed by atoms with E-state index in [1.165, 1.54) is 13.2 Å². The van der Waals surface area contributed by atoms with Gasteiger partial charge in [0.05, 0.1) is 25.9 Å². The molecule has 1 N–H and O–H groups in total. The van der Waals surface area contributed by atoms with E-state index in [2.05, 4.69) is 0 Å². The fourth-order valence-electron chi connectivity index (χ4n) is 3.18. The minimum atomic E-state index is -0.474. The fraction of sp³-hybridized carbons (Fsp3) is 0.524. The third kappa shape index (κ3) is 6.03. The minimum absolute atomic E-state index is 0.0231. The number of hydrogen-bond acceptors (Lipinski definition) is 8. The lowest BCUT2D eigenvalue weighted by molar-refractivity contribution is -0.140. The van der Waals surface area contributed by atoms with Crippen molar-refractivity contribution in [2.45, 2.75) is 26.3 Å². The lowest BCUT2D eigenvalue weighted by Gasteiger charge is -2.23. The Morgan fingerprint density at radius 3 is 2.38 bits per heavy atom. The van der Waals surface area contributed by atoms with Crippen molar-refractivity contribution in [2.75, 3.05) is 47.6 Å². The molecule has 0 saturated heterocycles. The number of ether oxygens (including phenoxy) is 3. The van der Waals surface area contributed by atoms with Gasteiger partial charge in [-0.05, 0) is 30.5 Å². The van der Waals surface area contributed by atoms with Gasteiger partial charge in [-0.1, -0.05) is 0 Å². The van der Waals surface area contributed by atoms with Crippen LogP contribution in [-0.4, -0.2) is 63.6 Å². The largest absolute Gasteiger partial charge is 0.507 e. The molecule has 0 atom stereocenters. The number of rotatable bonds is 11. The Balaban J connectivity index is 2.52. The fourth-order valence-corrected chi connectivity index (χ4v) is 3.18. The van der Waals surface area contributed by atoms with Crippen molar-refractivity contribution in [2.24, 2.45) is 0 Å². The number of aryl methyl sites for hydroxylation is 2. The highest BCUT2D eigenvalue weighted by atomic mass is 16.5. The first-order chi connectivity index (χ1) is 13.9. The van der Waals surface area contributed by atoms with E-state index in [4.69, 9.17) is 18.6 Å². The molecule has 29 heavy (non-hydrogen) atoms. The number of methoxy groups -OCH3 is 3. The van der Waals surface area contributed by atoms with E-state index in [9.17, 15) is 14.7 Å². The van der Waals surface area contributed by atoms with Crippen molar-refractivity contribution in [3.05, 3.63) is 39.2 Å². The van der Waals surface area contributed by atoms with Gasteiger partial charge in [-0.3, -0.25) is 9.69 Å². The lowest BCUT2D eigenvalue weighted by Crippen LogP contribution is -2.30. The third-order valence-electron chi connectivity index (χ3n) is 4.82. The Bertz CT molecular complexity index is 883. The zero-order valence-electron chi connectivity index (χ0n) is 17.4.